The van der Waals surface area contributed by atoms with Crippen LogP contribution in [0.15, 0.2) is 53.4 Å². The van der Waals surface area contributed by atoms with Gasteiger partial charge in [-0.2, -0.15) is 0 Å². The lowest BCUT2D eigenvalue weighted by atomic mass is 10.1. The van der Waals surface area contributed by atoms with Gasteiger partial charge in [-0.25, -0.2) is 8.42 Å². The van der Waals surface area contributed by atoms with Crippen LogP contribution in [0.25, 0.3) is 0 Å². The Bertz CT molecular complexity index is 915. The van der Waals surface area contributed by atoms with Crippen molar-refractivity contribution < 1.29 is 22.6 Å². The summed E-state index contributed by atoms with van der Waals surface area (Å²) in [6, 6.07) is 13.9. The minimum absolute atomic E-state index is 0.169. The summed E-state index contributed by atoms with van der Waals surface area (Å²) in [5.74, 6) is 0.905. The highest BCUT2D eigenvalue weighted by Crippen LogP contribution is 2.56. The van der Waals surface area contributed by atoms with Gasteiger partial charge in [-0.3, -0.25) is 0 Å². The van der Waals surface area contributed by atoms with E-state index in [1.807, 2.05) is 19.1 Å². The van der Waals surface area contributed by atoms with Gasteiger partial charge >= 0.3 is 0 Å². The van der Waals surface area contributed by atoms with Crippen LogP contribution in [0, 0.1) is 0 Å². The fourth-order valence-electron chi connectivity index (χ4n) is 3.69. The zero-order valence-electron chi connectivity index (χ0n) is 14.4. The summed E-state index contributed by atoms with van der Waals surface area (Å²) in [7, 11) is -3.59. The van der Waals surface area contributed by atoms with Gasteiger partial charge in [-0.1, -0.05) is 24.3 Å². The lowest BCUT2D eigenvalue weighted by Crippen LogP contribution is -2.36. The summed E-state index contributed by atoms with van der Waals surface area (Å²) in [6.07, 6.45) is 0. The third-order valence-corrected chi connectivity index (χ3v) is 7.33. The van der Waals surface area contributed by atoms with Crippen molar-refractivity contribution in [1.82, 2.24) is 0 Å². The number of hydrogen-bond acceptors (Lipinski definition) is 6. The first-order valence-electron chi connectivity index (χ1n) is 8.53. The van der Waals surface area contributed by atoms with Gasteiger partial charge in [0.05, 0.1) is 22.3 Å². The summed E-state index contributed by atoms with van der Waals surface area (Å²) in [5, 5.41) is -0.746. The number of sulfone groups is 1. The summed E-state index contributed by atoms with van der Waals surface area (Å²) < 4.78 is 42.7. The van der Waals surface area contributed by atoms with Crippen LogP contribution in [-0.2, 0) is 14.6 Å². The molecular weight excluding hydrogens is 354 g/mol. The fourth-order valence-corrected chi connectivity index (χ4v) is 6.00. The number of nitrogens with two attached hydrogens (primary N) is 1. The van der Waals surface area contributed by atoms with Crippen LogP contribution in [-0.4, -0.2) is 39.2 Å². The van der Waals surface area contributed by atoms with Gasteiger partial charge in [0.15, 0.2) is 21.3 Å². The maximum atomic E-state index is 13.2. The number of benzene rings is 2. The predicted molar refractivity (Wildman–Crippen MR) is 96.1 cm³/mol. The second-order valence-electron chi connectivity index (χ2n) is 6.62. The van der Waals surface area contributed by atoms with E-state index in [0.717, 1.165) is 5.56 Å². The van der Waals surface area contributed by atoms with Gasteiger partial charge in [-0.15, -0.1) is 0 Å². The molecule has 0 spiro atoms. The number of hydrogen-bond donors (Lipinski definition) is 1. The van der Waals surface area contributed by atoms with Crippen LogP contribution in [0.4, 0.5) is 0 Å². The van der Waals surface area contributed by atoms with Gasteiger partial charge in [0.2, 0.25) is 6.79 Å². The molecule has 1 fully saturated rings. The standard InChI is InChI=1S/C19H21NO5S/c1-2-23-11-19(20)17(13-8-9-15-16(10-13)25-12-24-15)18(19)26(21,22)14-6-4-3-5-7-14/h3-10,17-18H,2,11-12,20H2,1H3/t17-,18+,19-/m0/s1. The van der Waals surface area contributed by atoms with Crippen LogP contribution in [0.2, 0.25) is 0 Å². The lowest BCUT2D eigenvalue weighted by Gasteiger charge is -2.12. The highest BCUT2D eigenvalue weighted by atomic mass is 32.2. The van der Waals surface area contributed by atoms with Gasteiger partial charge in [-0.05, 0) is 36.8 Å². The molecule has 2 N–H and O–H groups in total. The maximum Gasteiger partial charge on any atom is 0.231 e. The zero-order chi connectivity index (χ0) is 18.4. The Morgan fingerprint density at radius 2 is 1.88 bits per heavy atom. The quantitative estimate of drug-likeness (QED) is 0.832. The highest BCUT2D eigenvalue weighted by Gasteiger charge is 2.69. The average Bonchev–Trinajstić information content (AvgIpc) is 3.03. The van der Waals surface area contributed by atoms with E-state index in [9.17, 15) is 8.42 Å². The first-order valence-corrected chi connectivity index (χ1v) is 10.1. The highest BCUT2D eigenvalue weighted by molar-refractivity contribution is 7.92. The average molecular weight is 375 g/mol. The van der Waals surface area contributed by atoms with Crippen LogP contribution >= 0.6 is 0 Å². The Morgan fingerprint density at radius 1 is 1.15 bits per heavy atom. The first-order chi connectivity index (χ1) is 12.5. The largest absolute Gasteiger partial charge is 0.454 e. The molecule has 7 heteroatoms. The second kappa shape index (κ2) is 6.26. The summed E-state index contributed by atoms with van der Waals surface area (Å²) in [5.41, 5.74) is 6.39. The SMILES string of the molecule is CCOC[C@@]1(N)[C@H](S(=O)(=O)c2ccccc2)[C@@H]1c1ccc2c(c1)OCO2. The summed E-state index contributed by atoms with van der Waals surface area (Å²) in [4.78, 5) is 0.277. The monoisotopic (exact) mass is 375 g/mol. The smallest absolute Gasteiger partial charge is 0.231 e. The van der Waals surface area contributed by atoms with Crippen molar-refractivity contribution in [3.8, 4) is 11.5 Å². The number of ether oxygens (including phenoxy) is 3. The van der Waals surface area contributed by atoms with Crippen molar-refractivity contribution in [2.45, 2.75) is 28.5 Å². The van der Waals surface area contributed by atoms with E-state index in [0.29, 0.717) is 18.1 Å². The molecule has 0 radical (unpaired) electrons. The first kappa shape index (κ1) is 17.3. The third-order valence-electron chi connectivity index (χ3n) is 5.02. The van der Waals surface area contributed by atoms with Crippen molar-refractivity contribution >= 4 is 9.84 Å². The third kappa shape index (κ3) is 2.67. The van der Waals surface area contributed by atoms with E-state index < -0.39 is 20.6 Å². The van der Waals surface area contributed by atoms with Gasteiger partial charge in [0.25, 0.3) is 0 Å². The molecule has 26 heavy (non-hydrogen) atoms. The van der Waals surface area contributed by atoms with E-state index in [2.05, 4.69) is 0 Å². The molecule has 0 bridgehead atoms. The van der Waals surface area contributed by atoms with E-state index in [1.165, 1.54) is 0 Å². The second-order valence-corrected chi connectivity index (χ2v) is 8.69. The van der Waals surface area contributed by atoms with Crippen molar-refractivity contribution in [3.63, 3.8) is 0 Å². The van der Waals surface area contributed by atoms with E-state index in [4.69, 9.17) is 19.9 Å². The Labute approximate surface area is 152 Å². The maximum absolute atomic E-state index is 13.2. The summed E-state index contributed by atoms with van der Waals surface area (Å²) in [6.45, 7) is 2.69. The molecule has 4 rings (SSSR count). The molecule has 6 nitrogen and oxygen atoms in total. The Balaban J connectivity index is 1.72. The molecule has 0 saturated heterocycles. The molecule has 1 aliphatic heterocycles. The molecule has 1 saturated carbocycles. The molecule has 0 unspecified atom stereocenters. The molecule has 3 atom stereocenters. The summed E-state index contributed by atoms with van der Waals surface area (Å²) >= 11 is 0. The predicted octanol–water partition coefficient (Wildman–Crippen LogP) is 2.09. The van der Waals surface area contributed by atoms with Gasteiger partial charge in [0.1, 0.15) is 0 Å². The van der Waals surface area contributed by atoms with E-state index in [1.54, 1.807) is 36.4 Å². The van der Waals surface area contributed by atoms with E-state index in [-0.39, 0.29) is 24.2 Å². The van der Waals surface area contributed by atoms with Crippen molar-refractivity contribution in [2.24, 2.45) is 5.73 Å². The molecule has 2 aliphatic rings. The molecule has 1 aliphatic carbocycles. The Morgan fingerprint density at radius 3 is 2.62 bits per heavy atom. The van der Waals surface area contributed by atoms with Crippen molar-refractivity contribution in [1.29, 1.82) is 0 Å². The minimum atomic E-state index is -3.59. The molecular formula is C19H21NO5S. The topological polar surface area (TPSA) is 87.9 Å². The van der Waals surface area contributed by atoms with E-state index >= 15 is 0 Å². The molecule has 0 amide bonds. The normalized spacial score (nSPS) is 26.7. The molecule has 1 heterocycles. The van der Waals surface area contributed by atoms with Crippen LogP contribution < -0.4 is 15.2 Å². The Kier molecular flexibility index (Phi) is 4.17. The molecule has 0 aromatic heterocycles. The molecule has 2 aromatic carbocycles. The molecule has 138 valence electrons. The number of fused-ring (bicyclic) bond motifs is 1. The van der Waals surface area contributed by atoms with Gasteiger partial charge in [0, 0.05) is 12.5 Å². The van der Waals surface area contributed by atoms with Crippen LogP contribution in [0.5, 0.6) is 11.5 Å². The Hall–Kier alpha value is -2.09. The lowest BCUT2D eigenvalue weighted by molar-refractivity contribution is 0.125. The van der Waals surface area contributed by atoms with Crippen molar-refractivity contribution in [3.05, 3.63) is 54.1 Å². The van der Waals surface area contributed by atoms with Crippen LogP contribution in [0.1, 0.15) is 18.4 Å². The zero-order valence-corrected chi connectivity index (χ0v) is 15.2. The molecule has 2 aromatic rings. The fraction of sp³-hybridized carbons (Fsp3) is 0.368. The van der Waals surface area contributed by atoms with Crippen molar-refractivity contribution in [2.75, 3.05) is 20.0 Å². The minimum Gasteiger partial charge on any atom is -0.454 e. The van der Waals surface area contributed by atoms with Crippen LogP contribution in [0.3, 0.4) is 0 Å². The van der Waals surface area contributed by atoms with Gasteiger partial charge < -0.3 is 19.9 Å². The number of rotatable bonds is 6.